The summed E-state index contributed by atoms with van der Waals surface area (Å²) in [5.74, 6) is 0.791. The summed E-state index contributed by atoms with van der Waals surface area (Å²) in [5, 5.41) is 4.43. The average Bonchev–Trinajstić information content (AvgIpc) is 2.60. The van der Waals surface area contributed by atoms with Crippen molar-refractivity contribution in [3.63, 3.8) is 0 Å². The number of nitrogens with one attached hydrogen (secondary N) is 1. The van der Waals surface area contributed by atoms with Crippen LogP contribution >= 0.6 is 0 Å². The first-order valence-electron chi connectivity index (χ1n) is 7.78. The van der Waals surface area contributed by atoms with Crippen molar-refractivity contribution in [2.45, 2.75) is 13.8 Å². The zero-order valence-corrected chi connectivity index (χ0v) is 14.1. The number of hydrogen-bond acceptors (Lipinski definition) is 5. The summed E-state index contributed by atoms with van der Waals surface area (Å²) in [6.07, 6.45) is -0.541. The second-order valence-corrected chi connectivity index (χ2v) is 4.81. The predicted molar refractivity (Wildman–Crippen MR) is 93.8 cm³/mol. The Morgan fingerprint density at radius 2 is 1.79 bits per heavy atom. The maximum Gasteiger partial charge on any atom is 0.438 e. The number of anilines is 3. The normalized spacial score (nSPS) is 10.1. The van der Waals surface area contributed by atoms with Crippen LogP contribution in [0.5, 0.6) is 5.75 Å². The standard InChI is InChI=1S/C18H22N2O4/c1-4-23-18(21)20(24-5-2)16-8-6-7-15(13-16)19-14-9-11-17(22-3)12-10-14/h6-13,19H,4-5H2,1-3H3. The number of hydrogen-bond donors (Lipinski definition) is 1. The van der Waals surface area contributed by atoms with Crippen LogP contribution < -0.4 is 15.1 Å². The molecule has 0 saturated carbocycles. The second-order valence-electron chi connectivity index (χ2n) is 4.81. The minimum absolute atomic E-state index is 0.284. The average molecular weight is 330 g/mol. The summed E-state index contributed by atoms with van der Waals surface area (Å²) >= 11 is 0. The fourth-order valence-corrected chi connectivity index (χ4v) is 2.09. The molecule has 0 aliphatic rings. The van der Waals surface area contributed by atoms with E-state index in [2.05, 4.69) is 5.32 Å². The summed E-state index contributed by atoms with van der Waals surface area (Å²) < 4.78 is 10.2. The van der Waals surface area contributed by atoms with E-state index in [1.54, 1.807) is 20.1 Å². The van der Waals surface area contributed by atoms with E-state index in [1.165, 1.54) is 0 Å². The Morgan fingerprint density at radius 1 is 1.04 bits per heavy atom. The van der Waals surface area contributed by atoms with Crippen LogP contribution in [-0.2, 0) is 9.57 Å². The van der Waals surface area contributed by atoms with Gasteiger partial charge in [-0.25, -0.2) is 4.79 Å². The number of hydroxylamine groups is 1. The lowest BCUT2D eigenvalue weighted by Gasteiger charge is -2.21. The first kappa shape index (κ1) is 17.6. The Hall–Kier alpha value is -2.73. The molecule has 0 unspecified atom stereocenters. The molecule has 0 aliphatic heterocycles. The molecule has 24 heavy (non-hydrogen) atoms. The summed E-state index contributed by atoms with van der Waals surface area (Å²) in [7, 11) is 1.63. The Labute approximate surface area is 141 Å². The zero-order valence-electron chi connectivity index (χ0n) is 14.1. The van der Waals surface area contributed by atoms with Gasteiger partial charge in [0, 0.05) is 11.4 Å². The van der Waals surface area contributed by atoms with Gasteiger partial charge in [0.05, 0.1) is 26.0 Å². The van der Waals surface area contributed by atoms with Crippen molar-refractivity contribution in [2.75, 3.05) is 30.7 Å². The molecule has 0 fully saturated rings. The Balaban J connectivity index is 2.17. The van der Waals surface area contributed by atoms with Crippen LogP contribution in [0.3, 0.4) is 0 Å². The number of carbonyl (C=O) groups excluding carboxylic acids is 1. The molecule has 0 atom stereocenters. The number of rotatable bonds is 7. The molecule has 1 amide bonds. The van der Waals surface area contributed by atoms with E-state index < -0.39 is 6.09 Å². The van der Waals surface area contributed by atoms with Crippen LogP contribution in [0.1, 0.15) is 13.8 Å². The molecule has 128 valence electrons. The van der Waals surface area contributed by atoms with E-state index in [1.807, 2.05) is 49.4 Å². The molecule has 1 N–H and O–H groups in total. The Kier molecular flexibility index (Phi) is 6.45. The molecule has 6 heteroatoms. The SMILES string of the molecule is CCOC(=O)N(OCC)c1cccc(Nc2ccc(OC)cc2)c1. The lowest BCUT2D eigenvalue weighted by atomic mass is 10.2. The number of methoxy groups -OCH3 is 1. The highest BCUT2D eigenvalue weighted by Crippen LogP contribution is 2.24. The number of amides is 1. The van der Waals surface area contributed by atoms with Gasteiger partial charge < -0.3 is 14.8 Å². The van der Waals surface area contributed by atoms with Crippen LogP contribution in [0.2, 0.25) is 0 Å². The van der Waals surface area contributed by atoms with Crippen molar-refractivity contribution >= 4 is 23.2 Å². The van der Waals surface area contributed by atoms with Gasteiger partial charge in [0.25, 0.3) is 0 Å². The van der Waals surface area contributed by atoms with Gasteiger partial charge in [-0.1, -0.05) is 6.07 Å². The van der Waals surface area contributed by atoms with Crippen LogP contribution in [0.25, 0.3) is 0 Å². The fraction of sp³-hybridized carbons (Fsp3) is 0.278. The molecule has 2 aromatic carbocycles. The molecular formula is C18H22N2O4. The predicted octanol–water partition coefficient (Wildman–Crippen LogP) is 4.35. The molecule has 0 saturated heterocycles. The maximum atomic E-state index is 12.0. The van der Waals surface area contributed by atoms with Gasteiger partial charge in [-0.15, -0.1) is 0 Å². The lowest BCUT2D eigenvalue weighted by Crippen LogP contribution is -2.31. The van der Waals surface area contributed by atoms with E-state index >= 15 is 0 Å². The minimum Gasteiger partial charge on any atom is -0.497 e. The van der Waals surface area contributed by atoms with Crippen LogP contribution in [0.15, 0.2) is 48.5 Å². The molecule has 0 heterocycles. The zero-order chi connectivity index (χ0) is 17.4. The highest BCUT2D eigenvalue weighted by Gasteiger charge is 2.18. The van der Waals surface area contributed by atoms with Crippen LogP contribution in [-0.4, -0.2) is 26.4 Å². The quantitative estimate of drug-likeness (QED) is 0.765. The molecule has 0 bridgehead atoms. The van der Waals surface area contributed by atoms with Gasteiger partial charge in [0.1, 0.15) is 5.75 Å². The first-order valence-corrected chi connectivity index (χ1v) is 7.78. The van der Waals surface area contributed by atoms with Gasteiger partial charge in [0.2, 0.25) is 0 Å². The van der Waals surface area contributed by atoms with Crippen molar-refractivity contribution < 1.29 is 19.1 Å². The van der Waals surface area contributed by atoms with Crippen molar-refractivity contribution in [1.29, 1.82) is 0 Å². The molecule has 0 radical (unpaired) electrons. The smallest absolute Gasteiger partial charge is 0.438 e. The summed E-state index contributed by atoms with van der Waals surface area (Å²) in [5.41, 5.74) is 2.33. The summed E-state index contributed by atoms with van der Waals surface area (Å²) in [4.78, 5) is 17.4. The maximum absolute atomic E-state index is 12.0. The monoisotopic (exact) mass is 330 g/mol. The summed E-state index contributed by atoms with van der Waals surface area (Å²) in [6.45, 7) is 4.20. The molecular weight excluding hydrogens is 308 g/mol. The van der Waals surface area contributed by atoms with Crippen molar-refractivity contribution in [3.05, 3.63) is 48.5 Å². The number of nitrogens with zero attached hydrogens (tertiary/aromatic N) is 1. The molecule has 0 aliphatic carbocycles. The van der Waals surface area contributed by atoms with Gasteiger partial charge in [-0.3, -0.25) is 4.84 Å². The van der Waals surface area contributed by atoms with Crippen LogP contribution in [0.4, 0.5) is 21.9 Å². The molecule has 2 rings (SSSR count). The van der Waals surface area contributed by atoms with E-state index in [-0.39, 0.29) is 6.61 Å². The van der Waals surface area contributed by atoms with E-state index in [0.29, 0.717) is 12.3 Å². The third kappa shape index (κ3) is 4.63. The van der Waals surface area contributed by atoms with E-state index in [4.69, 9.17) is 14.3 Å². The highest BCUT2D eigenvalue weighted by atomic mass is 16.7. The van der Waals surface area contributed by atoms with E-state index in [0.717, 1.165) is 22.2 Å². The topological polar surface area (TPSA) is 60.0 Å². The minimum atomic E-state index is -0.541. The number of ether oxygens (including phenoxy) is 2. The first-order chi connectivity index (χ1) is 11.7. The third-order valence-electron chi connectivity index (χ3n) is 3.15. The summed E-state index contributed by atoms with van der Waals surface area (Å²) in [6, 6.07) is 14.9. The molecule has 0 spiro atoms. The highest BCUT2D eigenvalue weighted by molar-refractivity contribution is 5.86. The van der Waals surface area contributed by atoms with Gasteiger partial charge in [-0.2, -0.15) is 5.06 Å². The lowest BCUT2D eigenvalue weighted by molar-refractivity contribution is 0.0835. The molecule has 6 nitrogen and oxygen atoms in total. The second kappa shape index (κ2) is 8.79. The van der Waals surface area contributed by atoms with Crippen molar-refractivity contribution in [3.8, 4) is 5.75 Å². The van der Waals surface area contributed by atoms with Gasteiger partial charge >= 0.3 is 6.09 Å². The molecule has 2 aromatic rings. The van der Waals surface area contributed by atoms with Gasteiger partial charge in [0.15, 0.2) is 0 Å². The number of carbonyl (C=O) groups is 1. The fourth-order valence-electron chi connectivity index (χ4n) is 2.09. The van der Waals surface area contributed by atoms with E-state index in [9.17, 15) is 4.79 Å². The van der Waals surface area contributed by atoms with Crippen LogP contribution in [0, 0.1) is 0 Å². The Morgan fingerprint density at radius 3 is 2.42 bits per heavy atom. The number of benzene rings is 2. The third-order valence-corrected chi connectivity index (χ3v) is 3.15. The van der Waals surface area contributed by atoms with Crippen molar-refractivity contribution in [2.24, 2.45) is 0 Å². The molecule has 0 aromatic heterocycles. The van der Waals surface area contributed by atoms with Gasteiger partial charge in [-0.05, 0) is 56.3 Å². The largest absolute Gasteiger partial charge is 0.497 e. The van der Waals surface area contributed by atoms with Crippen molar-refractivity contribution in [1.82, 2.24) is 0 Å². The Bertz CT molecular complexity index is 658.